The third-order valence-corrected chi connectivity index (χ3v) is 5.18. The van der Waals surface area contributed by atoms with Gasteiger partial charge in [0.05, 0.1) is 5.75 Å². The van der Waals surface area contributed by atoms with Crippen molar-refractivity contribution in [3.63, 3.8) is 0 Å². The van der Waals surface area contributed by atoms with Gasteiger partial charge in [-0.1, -0.05) is 45.6 Å². The van der Waals surface area contributed by atoms with Crippen LogP contribution in [0.25, 0.3) is 0 Å². The first-order valence-corrected chi connectivity index (χ1v) is 10.2. The minimum atomic E-state index is -3.54. The zero-order chi connectivity index (χ0) is 18.0. The van der Waals surface area contributed by atoms with Crippen LogP contribution < -0.4 is 0 Å². The summed E-state index contributed by atoms with van der Waals surface area (Å²) in [4.78, 5) is 17.9. The van der Waals surface area contributed by atoms with Crippen molar-refractivity contribution in [3.8, 4) is 0 Å². The van der Waals surface area contributed by atoms with E-state index in [0.717, 1.165) is 36.8 Å². The van der Waals surface area contributed by atoms with Gasteiger partial charge in [0, 0.05) is 13.1 Å². The number of hydrogen-bond acceptors (Lipinski definition) is 5. The van der Waals surface area contributed by atoms with E-state index in [1.807, 2.05) is 6.92 Å². The monoisotopic (exact) mass is 356 g/mol. The average molecular weight is 356 g/mol. The molecule has 1 amide bonds. The highest BCUT2D eigenvalue weighted by atomic mass is 32.2. The first kappa shape index (κ1) is 20.3. The maximum absolute atomic E-state index is 12.5. The summed E-state index contributed by atoms with van der Waals surface area (Å²) in [5, 5.41) is 3.61. The van der Waals surface area contributed by atoms with E-state index in [4.69, 9.17) is 0 Å². The Hall–Kier alpha value is -1.70. The molecule has 0 unspecified atom stereocenters. The van der Waals surface area contributed by atoms with E-state index in [-0.39, 0.29) is 16.9 Å². The topological polar surface area (TPSA) is 85.2 Å². The summed E-state index contributed by atoms with van der Waals surface area (Å²) in [6, 6.07) is -0.381. The third kappa shape index (κ3) is 6.07. The molecule has 0 aliphatic rings. The van der Waals surface area contributed by atoms with Crippen molar-refractivity contribution < 1.29 is 13.2 Å². The first-order chi connectivity index (χ1) is 11.5. The molecule has 0 atom stereocenters. The molecule has 0 radical (unpaired) electrons. The molecule has 1 heterocycles. The van der Waals surface area contributed by atoms with Crippen molar-refractivity contribution in [2.24, 2.45) is 0 Å². The van der Waals surface area contributed by atoms with Crippen molar-refractivity contribution in [2.75, 3.05) is 18.8 Å². The Morgan fingerprint density at radius 1 is 1.25 bits per heavy atom. The second kappa shape index (κ2) is 10.2. The van der Waals surface area contributed by atoms with Crippen LogP contribution in [-0.2, 0) is 9.84 Å². The summed E-state index contributed by atoms with van der Waals surface area (Å²) in [6.07, 6.45) is 8.12. The first-order valence-electron chi connectivity index (χ1n) is 8.50. The zero-order valence-corrected chi connectivity index (χ0v) is 15.5. The Balaban J connectivity index is 2.80. The Bertz CT molecular complexity index is 625. The highest BCUT2D eigenvalue weighted by Crippen LogP contribution is 2.09. The number of amides is 1. The molecule has 0 bridgehead atoms. The van der Waals surface area contributed by atoms with Crippen LogP contribution in [0.4, 0.5) is 4.79 Å². The number of carbonyl (C=O) groups is 1. The van der Waals surface area contributed by atoms with E-state index in [2.05, 4.69) is 23.6 Å². The Kier molecular flexibility index (Phi) is 8.67. The van der Waals surface area contributed by atoms with E-state index in [9.17, 15) is 13.2 Å². The van der Waals surface area contributed by atoms with Gasteiger partial charge in [-0.2, -0.15) is 4.68 Å². The largest absolute Gasteiger partial charge is 0.346 e. The van der Waals surface area contributed by atoms with Gasteiger partial charge in [0.1, 0.15) is 6.33 Å². The van der Waals surface area contributed by atoms with Crippen LogP contribution in [0.5, 0.6) is 0 Å². The van der Waals surface area contributed by atoms with Gasteiger partial charge in [0.25, 0.3) is 5.16 Å². The van der Waals surface area contributed by atoms with E-state index < -0.39 is 9.84 Å². The lowest BCUT2D eigenvalue weighted by Gasteiger charge is -2.20. The fourth-order valence-electron chi connectivity index (χ4n) is 2.23. The van der Waals surface area contributed by atoms with E-state index in [1.165, 1.54) is 6.33 Å². The van der Waals surface area contributed by atoms with Crippen LogP contribution in [-0.4, -0.2) is 53.0 Å². The number of unbranched alkanes of at least 4 members (excludes halogenated alkanes) is 4. The van der Waals surface area contributed by atoms with Crippen molar-refractivity contribution in [1.29, 1.82) is 0 Å². The standard InChI is InChI=1S/C16H28N4O3S/c1-4-7-9-12-19(11-6-3)16(21)20-14-17-15(18-20)24(22,23)13-10-8-5-2/h6,14H,3-5,7-13H2,1-2H3. The highest BCUT2D eigenvalue weighted by molar-refractivity contribution is 7.91. The third-order valence-electron chi connectivity index (χ3n) is 3.61. The molecular formula is C16H28N4O3S. The molecule has 8 heteroatoms. The van der Waals surface area contributed by atoms with Crippen molar-refractivity contribution in [2.45, 2.75) is 57.5 Å². The van der Waals surface area contributed by atoms with Crippen LogP contribution in [0.1, 0.15) is 52.4 Å². The van der Waals surface area contributed by atoms with E-state index in [1.54, 1.807) is 11.0 Å². The average Bonchev–Trinajstić information content (AvgIpc) is 3.04. The number of hydrogen-bond donors (Lipinski definition) is 0. The van der Waals surface area contributed by atoms with Gasteiger partial charge < -0.3 is 4.90 Å². The van der Waals surface area contributed by atoms with Crippen LogP contribution in [0, 0.1) is 0 Å². The minimum absolute atomic E-state index is 0.00587. The summed E-state index contributed by atoms with van der Waals surface area (Å²) in [6.45, 7) is 8.72. The highest BCUT2D eigenvalue weighted by Gasteiger charge is 2.22. The molecule has 0 saturated heterocycles. The molecule has 1 aromatic heterocycles. The molecule has 0 aromatic carbocycles. The molecule has 7 nitrogen and oxygen atoms in total. The normalized spacial score (nSPS) is 11.4. The number of carbonyl (C=O) groups excluding carboxylic acids is 1. The molecular weight excluding hydrogens is 328 g/mol. The fourth-order valence-corrected chi connectivity index (χ4v) is 3.42. The second-order valence-electron chi connectivity index (χ2n) is 5.72. The number of aromatic nitrogens is 3. The summed E-state index contributed by atoms with van der Waals surface area (Å²) < 4.78 is 25.3. The smallest absolute Gasteiger partial charge is 0.319 e. The summed E-state index contributed by atoms with van der Waals surface area (Å²) in [7, 11) is -3.54. The second-order valence-corrected chi connectivity index (χ2v) is 7.72. The number of sulfone groups is 1. The molecule has 0 spiro atoms. The molecule has 0 aliphatic carbocycles. The number of nitrogens with zero attached hydrogens (tertiary/aromatic N) is 4. The molecule has 1 rings (SSSR count). The van der Waals surface area contributed by atoms with E-state index >= 15 is 0 Å². The quantitative estimate of drug-likeness (QED) is 0.449. The predicted octanol–water partition coefficient (Wildman–Crippen LogP) is 2.89. The van der Waals surface area contributed by atoms with Gasteiger partial charge in [-0.25, -0.2) is 18.2 Å². The van der Waals surface area contributed by atoms with Crippen molar-refractivity contribution in [1.82, 2.24) is 19.7 Å². The van der Waals surface area contributed by atoms with Crippen molar-refractivity contribution >= 4 is 15.9 Å². The van der Waals surface area contributed by atoms with Crippen molar-refractivity contribution in [3.05, 3.63) is 19.0 Å². The molecule has 24 heavy (non-hydrogen) atoms. The van der Waals surface area contributed by atoms with Gasteiger partial charge in [0.2, 0.25) is 9.84 Å². The van der Waals surface area contributed by atoms with Gasteiger partial charge >= 0.3 is 6.03 Å². The van der Waals surface area contributed by atoms with Crippen LogP contribution in [0.15, 0.2) is 24.1 Å². The van der Waals surface area contributed by atoms with Gasteiger partial charge in [-0.05, 0) is 12.8 Å². The lowest BCUT2D eigenvalue weighted by molar-refractivity contribution is 0.200. The molecule has 136 valence electrons. The molecule has 0 saturated carbocycles. The maximum atomic E-state index is 12.5. The molecule has 0 N–H and O–H groups in total. The fraction of sp³-hybridized carbons (Fsp3) is 0.688. The van der Waals surface area contributed by atoms with Gasteiger partial charge in [0.15, 0.2) is 0 Å². The lowest BCUT2D eigenvalue weighted by Crippen LogP contribution is -2.36. The summed E-state index contributed by atoms with van der Waals surface area (Å²) in [5.74, 6) is 0.00587. The summed E-state index contributed by atoms with van der Waals surface area (Å²) >= 11 is 0. The van der Waals surface area contributed by atoms with Crippen LogP contribution >= 0.6 is 0 Å². The predicted molar refractivity (Wildman–Crippen MR) is 93.7 cm³/mol. The molecule has 0 aliphatic heterocycles. The lowest BCUT2D eigenvalue weighted by atomic mass is 10.2. The van der Waals surface area contributed by atoms with E-state index in [0.29, 0.717) is 19.5 Å². The Labute approximate surface area is 144 Å². The Morgan fingerprint density at radius 3 is 2.54 bits per heavy atom. The maximum Gasteiger partial charge on any atom is 0.346 e. The minimum Gasteiger partial charge on any atom is -0.319 e. The molecule has 0 fully saturated rings. The van der Waals surface area contributed by atoms with Gasteiger partial charge in [-0.3, -0.25) is 0 Å². The number of rotatable bonds is 11. The SMILES string of the molecule is C=CCN(CCCCC)C(=O)n1cnc(S(=O)(=O)CCCCC)n1. The van der Waals surface area contributed by atoms with Crippen LogP contribution in [0.2, 0.25) is 0 Å². The van der Waals surface area contributed by atoms with Crippen LogP contribution in [0.3, 0.4) is 0 Å². The zero-order valence-electron chi connectivity index (χ0n) is 14.6. The molecule has 1 aromatic rings. The Morgan fingerprint density at radius 2 is 1.92 bits per heavy atom. The summed E-state index contributed by atoms with van der Waals surface area (Å²) in [5.41, 5.74) is 0. The van der Waals surface area contributed by atoms with Gasteiger partial charge in [-0.15, -0.1) is 11.7 Å².